The minimum absolute atomic E-state index is 0.212. The Labute approximate surface area is 73.5 Å². The van der Waals surface area contributed by atoms with E-state index in [1.165, 1.54) is 0 Å². The van der Waals surface area contributed by atoms with Crippen molar-refractivity contribution in [2.45, 2.75) is 12.8 Å². The number of hydrogen-bond acceptors (Lipinski definition) is 4. The zero-order valence-electron chi connectivity index (χ0n) is 6.86. The second kappa shape index (κ2) is 4.57. The van der Waals surface area contributed by atoms with Gasteiger partial charge < -0.3 is 4.90 Å². The Morgan fingerprint density at radius 3 is 2.33 bits per heavy atom. The summed E-state index contributed by atoms with van der Waals surface area (Å²) in [5.41, 5.74) is 0. The van der Waals surface area contributed by atoms with Gasteiger partial charge in [0.05, 0.1) is 5.75 Å². The second-order valence-corrected chi connectivity index (χ2v) is 4.05. The van der Waals surface area contributed by atoms with Crippen molar-refractivity contribution < 1.29 is 13.2 Å². The van der Waals surface area contributed by atoms with Crippen molar-refractivity contribution in [3.05, 3.63) is 0 Å². The van der Waals surface area contributed by atoms with Gasteiger partial charge in [0, 0.05) is 32.5 Å². The van der Waals surface area contributed by atoms with Crippen LogP contribution in [0.2, 0.25) is 0 Å². The maximum absolute atomic E-state index is 10.8. The van der Waals surface area contributed by atoms with Gasteiger partial charge in [0.15, 0.2) is 0 Å². The summed E-state index contributed by atoms with van der Waals surface area (Å²) in [7, 11) is -2.26. The SMILES string of the molecule is O=C1CCN(CC[SH](=O)=O)CC1. The lowest BCUT2D eigenvalue weighted by Crippen LogP contribution is -2.35. The van der Waals surface area contributed by atoms with Crippen molar-refractivity contribution in [2.75, 3.05) is 25.4 Å². The van der Waals surface area contributed by atoms with Crippen LogP contribution in [0.15, 0.2) is 0 Å². The first-order valence-corrected chi connectivity index (χ1v) is 5.40. The molecule has 12 heavy (non-hydrogen) atoms. The van der Waals surface area contributed by atoms with Gasteiger partial charge >= 0.3 is 0 Å². The van der Waals surface area contributed by atoms with Crippen LogP contribution in [-0.4, -0.2) is 44.5 Å². The zero-order valence-corrected chi connectivity index (χ0v) is 7.76. The van der Waals surface area contributed by atoms with Gasteiger partial charge in [0.2, 0.25) is 0 Å². The quantitative estimate of drug-likeness (QED) is 0.597. The van der Waals surface area contributed by atoms with Gasteiger partial charge in [0.25, 0.3) is 0 Å². The molecule has 0 aromatic heterocycles. The molecule has 0 spiro atoms. The molecule has 0 N–H and O–H groups in total. The van der Waals surface area contributed by atoms with Crippen LogP contribution in [-0.2, 0) is 15.5 Å². The Kier molecular flexibility index (Phi) is 3.68. The molecule has 1 aliphatic rings. The van der Waals surface area contributed by atoms with E-state index in [0.29, 0.717) is 19.4 Å². The molecule has 4 nitrogen and oxygen atoms in total. The van der Waals surface area contributed by atoms with E-state index in [1.54, 1.807) is 0 Å². The van der Waals surface area contributed by atoms with Crippen LogP contribution < -0.4 is 0 Å². The van der Waals surface area contributed by atoms with E-state index in [0.717, 1.165) is 13.1 Å². The largest absolute Gasteiger partial charge is 0.301 e. The fraction of sp³-hybridized carbons (Fsp3) is 0.857. The van der Waals surface area contributed by atoms with Gasteiger partial charge in [-0.1, -0.05) is 0 Å². The first-order valence-electron chi connectivity index (χ1n) is 4.04. The molecule has 70 valence electrons. The van der Waals surface area contributed by atoms with Crippen molar-refractivity contribution >= 4 is 16.5 Å². The van der Waals surface area contributed by atoms with E-state index in [9.17, 15) is 13.2 Å². The van der Waals surface area contributed by atoms with E-state index in [-0.39, 0.29) is 11.5 Å². The number of carbonyl (C=O) groups excluding carboxylic acids is 1. The van der Waals surface area contributed by atoms with Crippen LogP contribution in [0.4, 0.5) is 0 Å². The summed E-state index contributed by atoms with van der Waals surface area (Å²) >= 11 is 0. The minimum atomic E-state index is -2.26. The lowest BCUT2D eigenvalue weighted by Gasteiger charge is -2.24. The number of ketones is 1. The van der Waals surface area contributed by atoms with E-state index < -0.39 is 10.7 Å². The smallest absolute Gasteiger partial charge is 0.141 e. The first kappa shape index (κ1) is 9.67. The molecule has 0 radical (unpaired) electrons. The van der Waals surface area contributed by atoms with Crippen molar-refractivity contribution in [2.24, 2.45) is 0 Å². The fourth-order valence-corrected chi connectivity index (χ4v) is 1.70. The molecule has 1 fully saturated rings. The molecule has 0 atom stereocenters. The molecule has 1 saturated heterocycles. The molecular weight excluding hydrogens is 178 g/mol. The summed E-state index contributed by atoms with van der Waals surface area (Å²) in [6, 6.07) is 0. The van der Waals surface area contributed by atoms with E-state index in [4.69, 9.17) is 0 Å². The summed E-state index contributed by atoms with van der Waals surface area (Å²) in [5.74, 6) is 0.501. The highest BCUT2D eigenvalue weighted by Crippen LogP contribution is 2.04. The molecule has 0 bridgehead atoms. The predicted octanol–water partition coefficient (Wildman–Crippen LogP) is -0.737. The summed E-state index contributed by atoms with van der Waals surface area (Å²) in [5, 5.41) is 0. The molecule has 1 rings (SSSR count). The third kappa shape index (κ3) is 3.32. The van der Waals surface area contributed by atoms with Gasteiger partial charge in [-0.3, -0.25) is 4.79 Å². The average Bonchev–Trinajstić information content (AvgIpc) is 2.03. The van der Waals surface area contributed by atoms with Gasteiger partial charge in [-0.05, 0) is 0 Å². The summed E-state index contributed by atoms with van der Waals surface area (Å²) < 4.78 is 20.5. The third-order valence-corrected chi connectivity index (χ3v) is 2.58. The van der Waals surface area contributed by atoms with Gasteiger partial charge in [-0.25, -0.2) is 8.42 Å². The zero-order chi connectivity index (χ0) is 8.97. The van der Waals surface area contributed by atoms with E-state index in [2.05, 4.69) is 0 Å². The molecule has 0 amide bonds. The lowest BCUT2D eigenvalue weighted by atomic mass is 10.1. The number of Topliss-reactive ketones (excluding diaryl/α,β-unsaturated/α-hetero) is 1. The fourth-order valence-electron chi connectivity index (χ4n) is 1.25. The minimum Gasteiger partial charge on any atom is -0.301 e. The average molecular weight is 191 g/mol. The van der Waals surface area contributed by atoms with Gasteiger partial charge in [0.1, 0.15) is 16.5 Å². The summed E-state index contributed by atoms with van der Waals surface area (Å²) in [4.78, 5) is 12.8. The first-order chi connectivity index (χ1) is 5.68. The molecule has 0 aromatic carbocycles. The summed E-state index contributed by atoms with van der Waals surface area (Å²) in [6.45, 7) is 2.02. The Balaban J connectivity index is 2.21. The molecule has 0 aliphatic carbocycles. The lowest BCUT2D eigenvalue weighted by molar-refractivity contribution is -0.121. The molecule has 0 aromatic rings. The maximum atomic E-state index is 10.8. The monoisotopic (exact) mass is 191 g/mol. The molecule has 0 saturated carbocycles. The Hall–Kier alpha value is -0.420. The Bertz CT molecular complexity index is 219. The van der Waals surface area contributed by atoms with Crippen molar-refractivity contribution in [3.63, 3.8) is 0 Å². The molecule has 1 aliphatic heterocycles. The number of carbonyl (C=O) groups is 1. The molecule has 5 heteroatoms. The normalized spacial score (nSPS) is 20.2. The number of rotatable bonds is 3. The molecule has 1 heterocycles. The Morgan fingerprint density at radius 2 is 1.83 bits per heavy atom. The number of thiol groups is 1. The number of piperidine rings is 1. The summed E-state index contributed by atoms with van der Waals surface area (Å²) in [6.07, 6.45) is 1.16. The number of likely N-dealkylation sites (tertiary alicyclic amines) is 1. The highest BCUT2D eigenvalue weighted by molar-refractivity contribution is 7.72. The topological polar surface area (TPSA) is 54.5 Å². The van der Waals surface area contributed by atoms with Gasteiger partial charge in [-0.15, -0.1) is 0 Å². The Morgan fingerprint density at radius 1 is 1.25 bits per heavy atom. The van der Waals surface area contributed by atoms with Crippen molar-refractivity contribution in [1.82, 2.24) is 4.90 Å². The van der Waals surface area contributed by atoms with Crippen LogP contribution in [0.5, 0.6) is 0 Å². The third-order valence-electron chi connectivity index (χ3n) is 2.01. The molecular formula is C7H13NO3S. The van der Waals surface area contributed by atoms with E-state index >= 15 is 0 Å². The number of nitrogens with zero attached hydrogens (tertiary/aromatic N) is 1. The highest BCUT2D eigenvalue weighted by Gasteiger charge is 2.15. The van der Waals surface area contributed by atoms with Crippen LogP contribution >= 0.6 is 0 Å². The molecule has 0 unspecified atom stereocenters. The van der Waals surface area contributed by atoms with Crippen molar-refractivity contribution in [1.29, 1.82) is 0 Å². The van der Waals surface area contributed by atoms with Crippen LogP contribution in [0.3, 0.4) is 0 Å². The number of hydrogen-bond donors (Lipinski definition) is 1. The maximum Gasteiger partial charge on any atom is 0.141 e. The van der Waals surface area contributed by atoms with Crippen molar-refractivity contribution in [3.8, 4) is 0 Å². The van der Waals surface area contributed by atoms with Crippen LogP contribution in [0, 0.1) is 0 Å². The van der Waals surface area contributed by atoms with Gasteiger partial charge in [-0.2, -0.15) is 0 Å². The standard InChI is InChI=1S/C7H13NO3S/c9-7-1-3-8(4-2-7)5-6-12(10)11/h12H,1-6H2. The predicted molar refractivity (Wildman–Crippen MR) is 45.9 cm³/mol. The van der Waals surface area contributed by atoms with Crippen LogP contribution in [0.1, 0.15) is 12.8 Å². The van der Waals surface area contributed by atoms with Crippen LogP contribution in [0.25, 0.3) is 0 Å². The highest BCUT2D eigenvalue weighted by atomic mass is 32.2. The van der Waals surface area contributed by atoms with E-state index in [1.807, 2.05) is 4.90 Å². The second-order valence-electron chi connectivity index (χ2n) is 2.94.